The molecule has 1 amide bonds. The molecule has 2 aromatic rings. The molecule has 0 unspecified atom stereocenters. The minimum atomic E-state index is -0.578. The van der Waals surface area contributed by atoms with E-state index in [1.165, 1.54) is 12.1 Å². The van der Waals surface area contributed by atoms with E-state index in [0.29, 0.717) is 12.1 Å². The molecule has 0 aliphatic carbocycles. The number of pyridine rings is 1. The molecule has 6 nitrogen and oxygen atoms in total. The van der Waals surface area contributed by atoms with E-state index < -0.39 is 5.76 Å². The van der Waals surface area contributed by atoms with Gasteiger partial charge in [0, 0.05) is 6.54 Å². The van der Waals surface area contributed by atoms with E-state index in [4.69, 9.17) is 4.42 Å². The zero-order chi connectivity index (χ0) is 10.8. The van der Waals surface area contributed by atoms with Gasteiger partial charge in [0.05, 0.1) is 0 Å². The summed E-state index contributed by atoms with van der Waals surface area (Å²) < 4.78 is 4.76. The van der Waals surface area contributed by atoms with Crippen molar-refractivity contribution in [2.75, 3.05) is 6.54 Å². The number of aromatic amines is 1. The molecule has 0 aromatic carbocycles. The number of oxazole rings is 1. The van der Waals surface area contributed by atoms with Crippen LogP contribution < -0.4 is 11.1 Å². The van der Waals surface area contributed by atoms with Crippen LogP contribution in [0.25, 0.3) is 11.2 Å². The summed E-state index contributed by atoms with van der Waals surface area (Å²) in [7, 11) is 0. The molecule has 2 aromatic heterocycles. The lowest BCUT2D eigenvalue weighted by Crippen LogP contribution is -2.23. The van der Waals surface area contributed by atoms with Gasteiger partial charge in [-0.2, -0.15) is 0 Å². The van der Waals surface area contributed by atoms with Gasteiger partial charge in [-0.25, -0.2) is 9.78 Å². The number of aromatic nitrogens is 2. The molecule has 6 heteroatoms. The van der Waals surface area contributed by atoms with Crippen molar-refractivity contribution >= 4 is 17.1 Å². The normalized spacial score (nSPS) is 10.5. The topological polar surface area (TPSA) is 88.0 Å². The van der Waals surface area contributed by atoms with Gasteiger partial charge in [0.1, 0.15) is 5.69 Å². The molecule has 0 fully saturated rings. The molecule has 78 valence electrons. The highest BCUT2D eigenvalue weighted by Gasteiger charge is 2.09. The van der Waals surface area contributed by atoms with Gasteiger partial charge in [-0.15, -0.1) is 0 Å². The summed E-state index contributed by atoms with van der Waals surface area (Å²) >= 11 is 0. The van der Waals surface area contributed by atoms with Gasteiger partial charge < -0.3 is 9.73 Å². The van der Waals surface area contributed by atoms with Crippen LogP contribution in [0.3, 0.4) is 0 Å². The van der Waals surface area contributed by atoms with Crippen LogP contribution >= 0.6 is 0 Å². The van der Waals surface area contributed by atoms with E-state index in [-0.39, 0.29) is 17.2 Å². The SMILES string of the molecule is CCNC(=O)c1ccc2oc(=O)[nH]c2n1. The molecule has 15 heavy (non-hydrogen) atoms. The molecule has 0 atom stereocenters. The van der Waals surface area contributed by atoms with Crippen LogP contribution in [0.5, 0.6) is 0 Å². The van der Waals surface area contributed by atoms with E-state index in [1.807, 2.05) is 6.92 Å². The van der Waals surface area contributed by atoms with Crippen LogP contribution in [0, 0.1) is 0 Å². The molecule has 0 saturated heterocycles. The van der Waals surface area contributed by atoms with E-state index in [9.17, 15) is 9.59 Å². The first-order valence-electron chi connectivity index (χ1n) is 4.49. The fourth-order valence-corrected chi connectivity index (χ4v) is 1.22. The summed E-state index contributed by atoms with van der Waals surface area (Å²) in [5, 5.41) is 2.61. The minimum absolute atomic E-state index is 0.251. The second kappa shape index (κ2) is 3.56. The van der Waals surface area contributed by atoms with Crippen molar-refractivity contribution in [2.45, 2.75) is 6.92 Å². The summed E-state index contributed by atoms with van der Waals surface area (Å²) in [4.78, 5) is 28.6. The van der Waals surface area contributed by atoms with Gasteiger partial charge in [0.15, 0.2) is 11.2 Å². The molecule has 0 radical (unpaired) electrons. The summed E-state index contributed by atoms with van der Waals surface area (Å²) in [6.45, 7) is 2.34. The lowest BCUT2D eigenvalue weighted by Gasteiger charge is -1.99. The van der Waals surface area contributed by atoms with Gasteiger partial charge in [-0.3, -0.25) is 9.78 Å². The van der Waals surface area contributed by atoms with Crippen molar-refractivity contribution < 1.29 is 9.21 Å². The predicted molar refractivity (Wildman–Crippen MR) is 52.6 cm³/mol. The highest BCUT2D eigenvalue weighted by Crippen LogP contribution is 2.07. The number of nitrogens with one attached hydrogen (secondary N) is 2. The molecular formula is C9H9N3O3. The first kappa shape index (κ1) is 9.45. The maximum atomic E-state index is 11.4. The number of nitrogens with zero attached hydrogens (tertiary/aromatic N) is 1. The quantitative estimate of drug-likeness (QED) is 0.739. The molecule has 0 aliphatic rings. The molecule has 0 saturated carbocycles. The average Bonchev–Trinajstić information content (AvgIpc) is 2.57. The Morgan fingerprint density at radius 3 is 3.13 bits per heavy atom. The Morgan fingerprint density at radius 1 is 1.60 bits per heavy atom. The van der Waals surface area contributed by atoms with E-state index in [0.717, 1.165) is 0 Å². The summed E-state index contributed by atoms with van der Waals surface area (Å²) in [6.07, 6.45) is 0. The maximum absolute atomic E-state index is 11.4. The highest BCUT2D eigenvalue weighted by atomic mass is 16.4. The van der Waals surface area contributed by atoms with Crippen molar-refractivity contribution in [2.24, 2.45) is 0 Å². The molecule has 0 bridgehead atoms. The molecule has 0 spiro atoms. The van der Waals surface area contributed by atoms with Gasteiger partial charge >= 0.3 is 5.76 Å². The molecule has 2 heterocycles. The Kier molecular flexibility index (Phi) is 2.24. The fourth-order valence-electron chi connectivity index (χ4n) is 1.22. The van der Waals surface area contributed by atoms with Crippen molar-refractivity contribution in [3.8, 4) is 0 Å². The first-order valence-corrected chi connectivity index (χ1v) is 4.49. The summed E-state index contributed by atoms with van der Waals surface area (Å²) in [6, 6.07) is 3.04. The third kappa shape index (κ3) is 1.74. The Bertz CT molecular complexity index is 555. The van der Waals surface area contributed by atoms with Gasteiger partial charge in [0.2, 0.25) is 0 Å². The monoisotopic (exact) mass is 207 g/mol. The maximum Gasteiger partial charge on any atom is 0.418 e. The molecule has 0 aliphatic heterocycles. The third-order valence-corrected chi connectivity index (χ3v) is 1.85. The predicted octanol–water partition coefficient (Wildman–Crippen LogP) is 0.266. The number of amides is 1. The lowest BCUT2D eigenvalue weighted by molar-refractivity contribution is 0.0951. The van der Waals surface area contributed by atoms with Gasteiger partial charge in [0.25, 0.3) is 5.91 Å². The highest BCUT2D eigenvalue weighted by molar-refractivity contribution is 5.93. The number of fused-ring (bicyclic) bond motifs is 1. The van der Waals surface area contributed by atoms with E-state index >= 15 is 0 Å². The van der Waals surface area contributed by atoms with Crippen molar-refractivity contribution in [1.82, 2.24) is 15.3 Å². The molecule has 2 rings (SSSR count). The summed E-state index contributed by atoms with van der Waals surface area (Å²) in [5.41, 5.74) is 0.873. The number of carbonyl (C=O) groups is 1. The van der Waals surface area contributed by atoms with Crippen molar-refractivity contribution in [3.63, 3.8) is 0 Å². The molecule has 2 N–H and O–H groups in total. The van der Waals surface area contributed by atoms with Crippen molar-refractivity contribution in [1.29, 1.82) is 0 Å². The van der Waals surface area contributed by atoms with Crippen molar-refractivity contribution in [3.05, 3.63) is 28.4 Å². The van der Waals surface area contributed by atoms with Crippen LogP contribution in [0.15, 0.2) is 21.3 Å². The van der Waals surface area contributed by atoms with Gasteiger partial charge in [-0.1, -0.05) is 0 Å². The Balaban J connectivity index is 2.46. The number of hydrogen-bond acceptors (Lipinski definition) is 4. The fraction of sp³-hybridized carbons (Fsp3) is 0.222. The Labute approximate surface area is 84.3 Å². The van der Waals surface area contributed by atoms with Crippen LogP contribution in [0.2, 0.25) is 0 Å². The molecular weight excluding hydrogens is 198 g/mol. The van der Waals surface area contributed by atoms with Crippen LogP contribution in [-0.4, -0.2) is 22.4 Å². The number of carbonyl (C=O) groups excluding carboxylic acids is 1. The number of H-pyrrole nitrogens is 1. The first-order chi connectivity index (χ1) is 7.20. The average molecular weight is 207 g/mol. The third-order valence-electron chi connectivity index (χ3n) is 1.85. The van der Waals surface area contributed by atoms with E-state index in [2.05, 4.69) is 15.3 Å². The second-order valence-corrected chi connectivity index (χ2v) is 2.92. The van der Waals surface area contributed by atoms with Crippen LogP contribution in [-0.2, 0) is 0 Å². The number of hydrogen-bond donors (Lipinski definition) is 2. The van der Waals surface area contributed by atoms with E-state index in [1.54, 1.807) is 0 Å². The minimum Gasteiger partial charge on any atom is -0.406 e. The standard InChI is InChI=1S/C9H9N3O3/c1-2-10-8(13)5-3-4-6-7(11-5)12-9(14)15-6/h3-4H,2H2,1H3,(H,10,13)(H,11,12,14). The number of rotatable bonds is 2. The van der Waals surface area contributed by atoms with Crippen LogP contribution in [0.1, 0.15) is 17.4 Å². The zero-order valence-corrected chi connectivity index (χ0v) is 8.03. The largest absolute Gasteiger partial charge is 0.418 e. The van der Waals surface area contributed by atoms with Gasteiger partial charge in [-0.05, 0) is 19.1 Å². The Hall–Kier alpha value is -2.11. The summed E-state index contributed by atoms with van der Waals surface area (Å²) in [5.74, 6) is -0.855. The van der Waals surface area contributed by atoms with Crippen LogP contribution in [0.4, 0.5) is 0 Å². The smallest absolute Gasteiger partial charge is 0.406 e. The zero-order valence-electron chi connectivity index (χ0n) is 8.03. The lowest BCUT2D eigenvalue weighted by atomic mass is 10.3. The Morgan fingerprint density at radius 2 is 2.40 bits per heavy atom. The second-order valence-electron chi connectivity index (χ2n) is 2.92.